The number of aryl methyl sites for hydroxylation is 1. The summed E-state index contributed by atoms with van der Waals surface area (Å²) in [5, 5.41) is 4.96. The molecule has 0 spiro atoms. The summed E-state index contributed by atoms with van der Waals surface area (Å²) in [5.41, 5.74) is 0.746. The number of carbonyl (C=O) groups excluding carboxylic acids is 1. The van der Waals surface area contributed by atoms with Crippen LogP contribution < -0.4 is 0 Å². The zero-order chi connectivity index (χ0) is 13.4. The molecule has 0 atom stereocenters. The summed E-state index contributed by atoms with van der Waals surface area (Å²) in [6.07, 6.45) is 2.08. The van der Waals surface area contributed by atoms with Gasteiger partial charge in [-0.1, -0.05) is 0 Å². The van der Waals surface area contributed by atoms with Gasteiger partial charge in [-0.15, -0.1) is 11.3 Å². The van der Waals surface area contributed by atoms with E-state index in [2.05, 4.69) is 5.10 Å². The van der Waals surface area contributed by atoms with E-state index in [-0.39, 0.29) is 18.0 Å². The van der Waals surface area contributed by atoms with Gasteiger partial charge in [-0.05, 0) is 35.7 Å². The third-order valence-corrected chi connectivity index (χ3v) is 4.02. The predicted molar refractivity (Wildman–Crippen MR) is 73.0 cm³/mol. The molecule has 0 saturated heterocycles. The topological polar surface area (TPSA) is 34.9 Å². The van der Waals surface area contributed by atoms with E-state index in [1.807, 2.05) is 19.3 Å². The van der Waals surface area contributed by atoms with Crippen LogP contribution in [0.15, 0.2) is 36.5 Å². The summed E-state index contributed by atoms with van der Waals surface area (Å²) in [6, 6.07) is 8.13. The van der Waals surface area contributed by atoms with Crippen LogP contribution in [0.5, 0.6) is 0 Å². The molecule has 0 radical (unpaired) electrons. The van der Waals surface area contributed by atoms with E-state index in [1.165, 1.54) is 23.5 Å². The SMILES string of the molecule is Cn1ccc(CC(=O)c2cc3cc(F)ccc3s2)n1. The Hall–Kier alpha value is -2.01. The standard InChI is InChI=1S/C14H11FN2OS/c1-17-5-4-11(16-17)8-12(18)14-7-9-6-10(15)2-3-13(9)19-14/h2-7H,8H2,1H3. The van der Waals surface area contributed by atoms with Gasteiger partial charge in [0.1, 0.15) is 5.82 Å². The van der Waals surface area contributed by atoms with Gasteiger partial charge in [0.15, 0.2) is 5.78 Å². The number of nitrogens with zero attached hydrogens (tertiary/aromatic N) is 2. The number of thiophene rings is 1. The van der Waals surface area contributed by atoms with Crippen molar-refractivity contribution in [1.29, 1.82) is 0 Å². The molecule has 3 rings (SSSR count). The molecule has 5 heteroatoms. The van der Waals surface area contributed by atoms with Crippen LogP contribution in [-0.2, 0) is 13.5 Å². The van der Waals surface area contributed by atoms with Crippen molar-refractivity contribution in [3.63, 3.8) is 0 Å². The quantitative estimate of drug-likeness (QED) is 0.687. The molecule has 0 fully saturated rings. The maximum Gasteiger partial charge on any atom is 0.178 e. The third-order valence-electron chi connectivity index (χ3n) is 2.86. The summed E-state index contributed by atoms with van der Waals surface area (Å²) in [5.74, 6) is -0.269. The zero-order valence-corrected chi connectivity index (χ0v) is 11.1. The average Bonchev–Trinajstić information content (AvgIpc) is 2.95. The normalized spacial score (nSPS) is 11.1. The molecule has 0 saturated carbocycles. The molecule has 2 heterocycles. The number of halogens is 1. The van der Waals surface area contributed by atoms with Gasteiger partial charge in [0.2, 0.25) is 0 Å². The lowest BCUT2D eigenvalue weighted by molar-refractivity contribution is 0.0995. The van der Waals surface area contributed by atoms with Gasteiger partial charge >= 0.3 is 0 Å². The highest BCUT2D eigenvalue weighted by atomic mass is 32.1. The monoisotopic (exact) mass is 274 g/mol. The number of aromatic nitrogens is 2. The van der Waals surface area contributed by atoms with E-state index in [1.54, 1.807) is 16.8 Å². The number of hydrogen-bond acceptors (Lipinski definition) is 3. The van der Waals surface area contributed by atoms with E-state index in [0.29, 0.717) is 4.88 Å². The number of fused-ring (bicyclic) bond motifs is 1. The van der Waals surface area contributed by atoms with Gasteiger partial charge in [-0.25, -0.2) is 4.39 Å². The smallest absolute Gasteiger partial charge is 0.178 e. The Morgan fingerprint density at radius 2 is 2.21 bits per heavy atom. The summed E-state index contributed by atoms with van der Waals surface area (Å²) in [6.45, 7) is 0. The Morgan fingerprint density at radius 1 is 1.37 bits per heavy atom. The molecule has 1 aromatic carbocycles. The molecular formula is C14H11FN2OS. The zero-order valence-electron chi connectivity index (χ0n) is 10.3. The van der Waals surface area contributed by atoms with Crippen LogP contribution in [0.4, 0.5) is 4.39 Å². The maximum atomic E-state index is 13.1. The van der Waals surface area contributed by atoms with Crippen molar-refractivity contribution >= 4 is 27.2 Å². The average molecular weight is 274 g/mol. The van der Waals surface area contributed by atoms with Crippen LogP contribution in [0.1, 0.15) is 15.4 Å². The van der Waals surface area contributed by atoms with Gasteiger partial charge in [-0.3, -0.25) is 9.48 Å². The fraction of sp³-hybridized carbons (Fsp3) is 0.143. The van der Waals surface area contributed by atoms with Gasteiger partial charge in [0, 0.05) is 17.9 Å². The Morgan fingerprint density at radius 3 is 2.95 bits per heavy atom. The first kappa shape index (κ1) is 12.0. The second-order valence-electron chi connectivity index (χ2n) is 4.37. The van der Waals surface area contributed by atoms with Crippen molar-refractivity contribution in [3.8, 4) is 0 Å². The molecule has 0 unspecified atom stereocenters. The minimum atomic E-state index is -0.283. The summed E-state index contributed by atoms with van der Waals surface area (Å²) in [4.78, 5) is 12.8. The van der Waals surface area contributed by atoms with Gasteiger partial charge < -0.3 is 0 Å². The second-order valence-corrected chi connectivity index (χ2v) is 5.46. The molecule has 2 aromatic heterocycles. The molecular weight excluding hydrogens is 263 g/mol. The van der Waals surface area contributed by atoms with Crippen LogP contribution in [0.25, 0.3) is 10.1 Å². The Labute approximate surface area is 113 Å². The second kappa shape index (κ2) is 4.59. The molecule has 19 heavy (non-hydrogen) atoms. The number of rotatable bonds is 3. The Kier molecular flexibility index (Phi) is 2.91. The highest BCUT2D eigenvalue weighted by Gasteiger charge is 2.12. The first-order chi connectivity index (χ1) is 9.11. The fourth-order valence-electron chi connectivity index (χ4n) is 1.96. The third kappa shape index (κ3) is 2.42. The van der Waals surface area contributed by atoms with Crippen molar-refractivity contribution in [1.82, 2.24) is 9.78 Å². The van der Waals surface area contributed by atoms with E-state index in [9.17, 15) is 9.18 Å². The molecule has 0 aliphatic rings. The van der Waals surface area contributed by atoms with Gasteiger partial charge in [0.05, 0.1) is 17.0 Å². The first-order valence-electron chi connectivity index (χ1n) is 5.82. The molecule has 0 bridgehead atoms. The Balaban J connectivity index is 1.89. The van der Waals surface area contributed by atoms with Gasteiger partial charge in [-0.2, -0.15) is 5.10 Å². The number of hydrogen-bond donors (Lipinski definition) is 0. The van der Waals surface area contributed by atoms with Crippen LogP contribution in [0.3, 0.4) is 0 Å². The molecule has 3 nitrogen and oxygen atoms in total. The lowest BCUT2D eigenvalue weighted by Crippen LogP contribution is -2.02. The minimum Gasteiger partial charge on any atom is -0.293 e. The molecule has 0 aliphatic carbocycles. The molecule has 0 amide bonds. The first-order valence-corrected chi connectivity index (χ1v) is 6.64. The number of carbonyl (C=O) groups is 1. The summed E-state index contributed by atoms with van der Waals surface area (Å²) < 4.78 is 15.7. The van der Waals surface area contributed by atoms with Crippen molar-refractivity contribution in [3.05, 3.63) is 52.9 Å². The van der Waals surface area contributed by atoms with Crippen LogP contribution >= 0.6 is 11.3 Å². The van der Waals surface area contributed by atoms with Crippen LogP contribution in [0, 0.1) is 5.82 Å². The molecule has 0 N–H and O–H groups in total. The largest absolute Gasteiger partial charge is 0.293 e. The number of benzene rings is 1. The van der Waals surface area contributed by atoms with Gasteiger partial charge in [0.25, 0.3) is 0 Å². The van der Waals surface area contributed by atoms with E-state index in [4.69, 9.17) is 0 Å². The summed E-state index contributed by atoms with van der Waals surface area (Å²) >= 11 is 1.39. The Bertz CT molecular complexity index is 760. The maximum absolute atomic E-state index is 13.1. The molecule has 96 valence electrons. The number of ketones is 1. The van der Waals surface area contributed by atoms with Crippen LogP contribution in [0.2, 0.25) is 0 Å². The predicted octanol–water partition coefficient (Wildman–Crippen LogP) is 3.20. The molecule has 0 aliphatic heterocycles. The van der Waals surface area contributed by atoms with Crippen molar-refractivity contribution in [2.45, 2.75) is 6.42 Å². The molecule has 3 aromatic rings. The van der Waals surface area contributed by atoms with E-state index < -0.39 is 0 Å². The van der Waals surface area contributed by atoms with E-state index >= 15 is 0 Å². The minimum absolute atomic E-state index is 0.0142. The summed E-state index contributed by atoms with van der Waals surface area (Å²) in [7, 11) is 1.82. The lowest BCUT2D eigenvalue weighted by atomic mass is 10.2. The highest BCUT2D eigenvalue weighted by molar-refractivity contribution is 7.20. The van der Waals surface area contributed by atoms with Crippen molar-refractivity contribution in [2.24, 2.45) is 7.05 Å². The number of Topliss-reactive ketones (excluding diaryl/α,β-unsaturated/α-hetero) is 1. The van der Waals surface area contributed by atoms with Crippen molar-refractivity contribution < 1.29 is 9.18 Å². The lowest BCUT2D eigenvalue weighted by Gasteiger charge is -1.93. The van der Waals surface area contributed by atoms with E-state index in [0.717, 1.165) is 15.8 Å². The van der Waals surface area contributed by atoms with Crippen LogP contribution in [-0.4, -0.2) is 15.6 Å². The van der Waals surface area contributed by atoms with Crippen molar-refractivity contribution in [2.75, 3.05) is 0 Å². The highest BCUT2D eigenvalue weighted by Crippen LogP contribution is 2.27. The fourth-order valence-corrected chi connectivity index (χ4v) is 2.94.